The van der Waals surface area contributed by atoms with Crippen LogP contribution in [0.4, 0.5) is 5.82 Å². The van der Waals surface area contributed by atoms with E-state index in [2.05, 4.69) is 25.0 Å². The average Bonchev–Trinajstić information content (AvgIpc) is 3.16. The summed E-state index contributed by atoms with van der Waals surface area (Å²) in [6.45, 7) is 1.94. The Kier molecular flexibility index (Phi) is 4.30. The Hall–Kier alpha value is -3.29. The molecule has 1 aliphatic rings. The van der Waals surface area contributed by atoms with Crippen LogP contribution in [0.1, 0.15) is 5.56 Å². The third-order valence-corrected chi connectivity index (χ3v) is 4.49. The minimum Gasteiger partial charge on any atom is -0.355 e. The van der Waals surface area contributed by atoms with Gasteiger partial charge < -0.3 is 9.80 Å². The van der Waals surface area contributed by atoms with Crippen LogP contribution in [0.25, 0.3) is 5.82 Å². The van der Waals surface area contributed by atoms with Crippen LogP contribution in [0.2, 0.25) is 0 Å². The molecule has 8 nitrogen and oxygen atoms in total. The molecule has 0 radical (unpaired) electrons. The first-order valence-electron chi connectivity index (χ1n) is 8.41. The molecule has 1 saturated heterocycles. The summed E-state index contributed by atoms with van der Waals surface area (Å²) in [5.74, 6) is 1.60. The van der Waals surface area contributed by atoms with Crippen LogP contribution >= 0.6 is 0 Å². The maximum absolute atomic E-state index is 12.6. The first-order valence-corrected chi connectivity index (χ1v) is 8.41. The molecule has 0 aliphatic carbocycles. The molecule has 0 atom stereocenters. The van der Waals surface area contributed by atoms with Crippen molar-refractivity contribution in [3.8, 4) is 5.82 Å². The summed E-state index contributed by atoms with van der Waals surface area (Å²) < 4.78 is 1.58. The molecule has 0 saturated carbocycles. The highest BCUT2D eigenvalue weighted by molar-refractivity contribution is 5.81. The first kappa shape index (κ1) is 16.2. The normalized spacial score (nSPS) is 14.1. The van der Waals surface area contributed by atoms with Crippen molar-refractivity contribution in [3.05, 3.63) is 60.9 Å². The van der Waals surface area contributed by atoms with E-state index in [4.69, 9.17) is 0 Å². The van der Waals surface area contributed by atoms with E-state index in [9.17, 15) is 4.79 Å². The molecule has 1 aliphatic heterocycles. The summed E-state index contributed by atoms with van der Waals surface area (Å²) >= 11 is 0. The zero-order valence-electron chi connectivity index (χ0n) is 14.4. The molecule has 0 bridgehead atoms. The number of rotatable bonds is 5. The smallest absolute Gasteiger partial charge is 0.229 e. The fourth-order valence-electron chi connectivity index (χ4n) is 3.03. The van der Waals surface area contributed by atoms with Crippen LogP contribution in [-0.2, 0) is 11.3 Å². The highest BCUT2D eigenvalue weighted by Gasteiger charge is 2.35. The minimum absolute atomic E-state index is 0.00602. The van der Waals surface area contributed by atoms with Crippen molar-refractivity contribution in [3.63, 3.8) is 0 Å². The quantitative estimate of drug-likeness (QED) is 0.687. The van der Waals surface area contributed by atoms with E-state index in [1.54, 1.807) is 15.9 Å². The van der Waals surface area contributed by atoms with E-state index in [0.29, 0.717) is 25.5 Å². The Balaban J connectivity index is 1.36. The predicted molar refractivity (Wildman–Crippen MR) is 95.6 cm³/mol. The molecule has 1 aromatic carbocycles. The molecule has 0 unspecified atom stereocenters. The van der Waals surface area contributed by atoms with Crippen LogP contribution < -0.4 is 4.90 Å². The van der Waals surface area contributed by atoms with Gasteiger partial charge in [-0.15, -0.1) is 0 Å². The van der Waals surface area contributed by atoms with E-state index < -0.39 is 0 Å². The first-order chi connectivity index (χ1) is 12.7. The molecule has 3 heterocycles. The van der Waals surface area contributed by atoms with Crippen molar-refractivity contribution < 1.29 is 4.79 Å². The number of carbonyl (C=O) groups is 1. The van der Waals surface area contributed by atoms with Gasteiger partial charge in [0.2, 0.25) is 5.91 Å². The summed E-state index contributed by atoms with van der Waals surface area (Å²) in [4.78, 5) is 28.9. The summed E-state index contributed by atoms with van der Waals surface area (Å²) in [7, 11) is 1.85. The number of anilines is 1. The van der Waals surface area contributed by atoms with Crippen molar-refractivity contribution >= 4 is 11.7 Å². The number of benzene rings is 1. The standard InChI is InChI=1S/C18H19N7O/c1-23(8-14-5-3-2-4-6-14)18(26)15-9-24(10-15)16-7-17(21-12-20-16)25-13-19-11-22-25/h2-7,11-13,15H,8-10H2,1H3. The number of nitrogens with zero attached hydrogens (tertiary/aromatic N) is 7. The number of hydrogen-bond acceptors (Lipinski definition) is 6. The molecule has 2 aromatic heterocycles. The molecule has 0 spiro atoms. The molecule has 8 heteroatoms. The maximum Gasteiger partial charge on any atom is 0.229 e. The van der Waals surface area contributed by atoms with Gasteiger partial charge in [-0.3, -0.25) is 4.79 Å². The molecule has 4 rings (SSSR count). The molecule has 132 valence electrons. The van der Waals surface area contributed by atoms with Gasteiger partial charge in [0.1, 0.15) is 24.8 Å². The fraction of sp³-hybridized carbons (Fsp3) is 0.278. The second-order valence-electron chi connectivity index (χ2n) is 6.36. The molecular formula is C18H19N7O. The molecule has 26 heavy (non-hydrogen) atoms. The Bertz CT molecular complexity index is 876. The van der Waals surface area contributed by atoms with Crippen molar-refractivity contribution in [1.82, 2.24) is 29.6 Å². The Labute approximate surface area is 151 Å². The van der Waals surface area contributed by atoms with Crippen molar-refractivity contribution in [1.29, 1.82) is 0 Å². The third kappa shape index (κ3) is 3.26. The number of aromatic nitrogens is 5. The number of amides is 1. The maximum atomic E-state index is 12.6. The van der Waals surface area contributed by atoms with E-state index in [1.807, 2.05) is 43.4 Å². The lowest BCUT2D eigenvalue weighted by Crippen LogP contribution is -2.54. The zero-order valence-corrected chi connectivity index (χ0v) is 14.4. The SMILES string of the molecule is CN(Cc1ccccc1)C(=O)C1CN(c2cc(-n3cncn3)ncn2)C1. The van der Waals surface area contributed by atoms with Gasteiger partial charge in [0.25, 0.3) is 0 Å². The number of carbonyl (C=O) groups excluding carboxylic acids is 1. The van der Waals surface area contributed by atoms with E-state index in [-0.39, 0.29) is 11.8 Å². The highest BCUT2D eigenvalue weighted by Crippen LogP contribution is 2.25. The largest absolute Gasteiger partial charge is 0.355 e. The predicted octanol–water partition coefficient (Wildman–Crippen LogP) is 1.15. The van der Waals surface area contributed by atoms with Gasteiger partial charge in [0, 0.05) is 32.7 Å². The van der Waals surface area contributed by atoms with E-state index in [0.717, 1.165) is 11.4 Å². The van der Waals surface area contributed by atoms with E-state index in [1.165, 1.54) is 12.7 Å². The van der Waals surface area contributed by atoms with Gasteiger partial charge in [-0.25, -0.2) is 19.6 Å². The van der Waals surface area contributed by atoms with Crippen LogP contribution in [0.3, 0.4) is 0 Å². The van der Waals surface area contributed by atoms with Gasteiger partial charge in [-0.1, -0.05) is 30.3 Å². The average molecular weight is 349 g/mol. The van der Waals surface area contributed by atoms with Crippen LogP contribution in [0, 0.1) is 5.92 Å². The van der Waals surface area contributed by atoms with Crippen LogP contribution in [0.15, 0.2) is 55.4 Å². The summed E-state index contributed by atoms with van der Waals surface area (Å²) in [6, 6.07) is 11.9. The van der Waals surface area contributed by atoms with E-state index >= 15 is 0 Å². The lowest BCUT2D eigenvalue weighted by Gasteiger charge is -2.40. The van der Waals surface area contributed by atoms with Gasteiger partial charge in [-0.2, -0.15) is 5.10 Å². The molecular weight excluding hydrogens is 330 g/mol. The van der Waals surface area contributed by atoms with Gasteiger partial charge in [0.05, 0.1) is 5.92 Å². The fourth-order valence-corrected chi connectivity index (χ4v) is 3.03. The topological polar surface area (TPSA) is 80.0 Å². The number of hydrogen-bond donors (Lipinski definition) is 0. The molecule has 3 aromatic rings. The van der Waals surface area contributed by atoms with Gasteiger partial charge in [-0.05, 0) is 5.56 Å². The lowest BCUT2D eigenvalue weighted by atomic mass is 9.98. The second kappa shape index (κ2) is 6.91. The summed E-state index contributed by atoms with van der Waals surface area (Å²) in [5, 5.41) is 4.07. The van der Waals surface area contributed by atoms with Crippen molar-refractivity contribution in [2.24, 2.45) is 5.92 Å². The Morgan fingerprint density at radius 2 is 1.92 bits per heavy atom. The second-order valence-corrected chi connectivity index (χ2v) is 6.36. The van der Waals surface area contributed by atoms with Gasteiger partial charge in [0.15, 0.2) is 5.82 Å². The van der Waals surface area contributed by atoms with Crippen molar-refractivity contribution in [2.75, 3.05) is 25.0 Å². The monoisotopic (exact) mass is 349 g/mol. The zero-order chi connectivity index (χ0) is 17.9. The minimum atomic E-state index is -0.00602. The Morgan fingerprint density at radius 1 is 1.15 bits per heavy atom. The molecule has 0 N–H and O–H groups in total. The highest BCUT2D eigenvalue weighted by atomic mass is 16.2. The van der Waals surface area contributed by atoms with Gasteiger partial charge >= 0.3 is 0 Å². The molecule has 1 amide bonds. The third-order valence-electron chi connectivity index (χ3n) is 4.49. The lowest BCUT2D eigenvalue weighted by molar-refractivity contribution is -0.135. The van der Waals surface area contributed by atoms with Crippen LogP contribution in [-0.4, -0.2) is 55.7 Å². The Morgan fingerprint density at radius 3 is 2.65 bits per heavy atom. The summed E-state index contributed by atoms with van der Waals surface area (Å²) in [5.41, 5.74) is 1.13. The van der Waals surface area contributed by atoms with Crippen LogP contribution in [0.5, 0.6) is 0 Å². The summed E-state index contributed by atoms with van der Waals surface area (Å²) in [6.07, 6.45) is 4.55. The molecule has 1 fully saturated rings. The van der Waals surface area contributed by atoms with Crippen molar-refractivity contribution in [2.45, 2.75) is 6.54 Å².